The lowest BCUT2D eigenvalue weighted by Gasteiger charge is -2.06. The molecule has 0 N–H and O–H groups in total. The summed E-state index contributed by atoms with van der Waals surface area (Å²) in [7, 11) is 3.12. The van der Waals surface area contributed by atoms with Crippen LogP contribution < -0.4 is 11.2 Å². The van der Waals surface area contributed by atoms with Crippen LogP contribution in [0.15, 0.2) is 15.9 Å². The predicted octanol–water partition coefficient (Wildman–Crippen LogP) is 1.75. The number of carbonyl (C=O) groups excluding carboxylic acids is 1. The Morgan fingerprint density at radius 1 is 1.00 bits per heavy atom. The van der Waals surface area contributed by atoms with Crippen LogP contribution in [0, 0.1) is 0 Å². The van der Waals surface area contributed by atoms with Crippen molar-refractivity contribution < 1.29 is 4.79 Å². The number of fused-ring (bicyclic) bond motifs is 1. The summed E-state index contributed by atoms with van der Waals surface area (Å²) < 4.78 is 4.37. The molecule has 0 aliphatic heterocycles. The number of carbonyl (C=O) groups is 1. The summed E-state index contributed by atoms with van der Waals surface area (Å²) >= 11 is 0. The number of unbranched alkanes of at least 4 members (excludes halogenated alkanes) is 5. The van der Waals surface area contributed by atoms with Crippen molar-refractivity contribution in [2.45, 2.75) is 58.4 Å². The summed E-state index contributed by atoms with van der Waals surface area (Å²) in [5, 5.41) is 0. The van der Waals surface area contributed by atoms with Crippen LogP contribution in [0.5, 0.6) is 0 Å². The molecular weight excluding hydrogens is 308 g/mol. The molecule has 0 bridgehead atoms. The summed E-state index contributed by atoms with van der Waals surface area (Å²) in [6.45, 7) is 2.35. The van der Waals surface area contributed by atoms with E-state index in [1.54, 1.807) is 20.3 Å². The normalized spacial score (nSPS) is 11.3. The standard InChI is InChI=1S/C17H26N4O3/c1-13(22)10-8-6-4-5-7-9-11-21-12-18-15-14(21)16(23)20(3)17(24)19(15)2/h12H,4-11H2,1-3H3. The van der Waals surface area contributed by atoms with Gasteiger partial charge in [-0.15, -0.1) is 0 Å². The Labute approximate surface area is 140 Å². The summed E-state index contributed by atoms with van der Waals surface area (Å²) in [6.07, 6.45) is 8.69. The fourth-order valence-corrected chi connectivity index (χ4v) is 2.93. The first-order valence-electron chi connectivity index (χ1n) is 8.53. The molecule has 7 heteroatoms. The van der Waals surface area contributed by atoms with Gasteiger partial charge in [0.15, 0.2) is 11.2 Å². The van der Waals surface area contributed by atoms with E-state index < -0.39 is 0 Å². The third-order valence-corrected chi connectivity index (χ3v) is 4.40. The van der Waals surface area contributed by atoms with Crippen molar-refractivity contribution in [2.75, 3.05) is 0 Å². The van der Waals surface area contributed by atoms with E-state index in [0.717, 1.165) is 49.6 Å². The minimum atomic E-state index is -0.358. The number of imidazole rings is 1. The zero-order valence-electron chi connectivity index (χ0n) is 14.7. The van der Waals surface area contributed by atoms with Gasteiger partial charge >= 0.3 is 5.69 Å². The molecule has 0 unspecified atom stereocenters. The molecule has 0 aromatic carbocycles. The van der Waals surface area contributed by atoms with Crippen LogP contribution in [0.1, 0.15) is 51.9 Å². The van der Waals surface area contributed by atoms with E-state index >= 15 is 0 Å². The quantitative estimate of drug-likeness (QED) is 0.655. The Hall–Kier alpha value is -2.18. The van der Waals surface area contributed by atoms with E-state index in [4.69, 9.17) is 0 Å². The molecule has 2 rings (SSSR count). The molecular formula is C17H26N4O3. The molecule has 0 saturated carbocycles. The van der Waals surface area contributed by atoms with Crippen molar-refractivity contribution in [2.24, 2.45) is 14.1 Å². The first-order valence-corrected chi connectivity index (χ1v) is 8.53. The molecule has 7 nitrogen and oxygen atoms in total. The fraction of sp³-hybridized carbons (Fsp3) is 0.647. The molecule has 0 saturated heterocycles. The smallest absolute Gasteiger partial charge is 0.325 e. The van der Waals surface area contributed by atoms with Gasteiger partial charge in [-0.25, -0.2) is 9.78 Å². The molecule has 0 aliphatic carbocycles. The monoisotopic (exact) mass is 334 g/mol. The second-order valence-corrected chi connectivity index (χ2v) is 6.39. The molecule has 2 heterocycles. The van der Waals surface area contributed by atoms with Gasteiger partial charge in [-0.1, -0.05) is 25.7 Å². The van der Waals surface area contributed by atoms with Crippen LogP contribution in [0.25, 0.3) is 11.2 Å². The minimum Gasteiger partial charge on any atom is -0.325 e. The largest absolute Gasteiger partial charge is 0.332 e. The molecule has 0 aliphatic rings. The summed E-state index contributed by atoms with van der Waals surface area (Å²) in [5.74, 6) is 0.262. The van der Waals surface area contributed by atoms with Gasteiger partial charge in [0.25, 0.3) is 5.56 Å². The summed E-state index contributed by atoms with van der Waals surface area (Å²) in [4.78, 5) is 39.3. The maximum absolute atomic E-state index is 12.3. The highest BCUT2D eigenvalue weighted by Crippen LogP contribution is 2.11. The van der Waals surface area contributed by atoms with E-state index in [2.05, 4.69) is 4.98 Å². The van der Waals surface area contributed by atoms with Gasteiger partial charge in [-0.05, 0) is 19.8 Å². The number of hydrogen-bond acceptors (Lipinski definition) is 4. The van der Waals surface area contributed by atoms with Gasteiger partial charge in [0.05, 0.1) is 6.33 Å². The van der Waals surface area contributed by atoms with Crippen LogP contribution in [-0.2, 0) is 25.4 Å². The van der Waals surface area contributed by atoms with E-state index in [9.17, 15) is 14.4 Å². The van der Waals surface area contributed by atoms with Gasteiger partial charge in [0, 0.05) is 27.1 Å². The minimum absolute atomic E-state index is 0.262. The summed E-state index contributed by atoms with van der Waals surface area (Å²) in [5.41, 5.74) is 0.270. The molecule has 0 fully saturated rings. The van der Waals surface area contributed by atoms with E-state index in [1.165, 1.54) is 11.6 Å². The average Bonchev–Trinajstić information content (AvgIpc) is 2.97. The van der Waals surface area contributed by atoms with Crippen LogP contribution >= 0.6 is 0 Å². The lowest BCUT2D eigenvalue weighted by molar-refractivity contribution is -0.117. The van der Waals surface area contributed by atoms with E-state index in [0.29, 0.717) is 17.6 Å². The molecule has 24 heavy (non-hydrogen) atoms. The Morgan fingerprint density at radius 2 is 1.62 bits per heavy atom. The molecule has 0 amide bonds. The number of aromatic nitrogens is 4. The number of ketones is 1. The Morgan fingerprint density at radius 3 is 2.29 bits per heavy atom. The number of nitrogens with zero attached hydrogens (tertiary/aromatic N) is 4. The Bertz CT molecular complexity index is 829. The number of rotatable bonds is 9. The van der Waals surface area contributed by atoms with Crippen molar-refractivity contribution in [3.05, 3.63) is 27.2 Å². The molecule has 2 aromatic rings. The molecule has 132 valence electrons. The van der Waals surface area contributed by atoms with Crippen molar-refractivity contribution in [3.8, 4) is 0 Å². The molecule has 0 atom stereocenters. The lowest BCUT2D eigenvalue weighted by Crippen LogP contribution is -2.37. The second-order valence-electron chi connectivity index (χ2n) is 6.39. The van der Waals surface area contributed by atoms with Crippen LogP contribution in [0.2, 0.25) is 0 Å². The molecule has 2 aromatic heterocycles. The molecule has 0 spiro atoms. The second kappa shape index (κ2) is 8.08. The highest BCUT2D eigenvalue weighted by Gasteiger charge is 2.13. The zero-order valence-corrected chi connectivity index (χ0v) is 14.7. The van der Waals surface area contributed by atoms with Crippen molar-refractivity contribution in [1.29, 1.82) is 0 Å². The first kappa shape index (κ1) is 18.2. The van der Waals surface area contributed by atoms with Gasteiger partial charge in [-0.2, -0.15) is 0 Å². The first-order chi connectivity index (χ1) is 11.4. The topological polar surface area (TPSA) is 78.9 Å². The zero-order chi connectivity index (χ0) is 17.7. The van der Waals surface area contributed by atoms with Crippen molar-refractivity contribution in [3.63, 3.8) is 0 Å². The van der Waals surface area contributed by atoms with Crippen molar-refractivity contribution in [1.82, 2.24) is 18.7 Å². The highest BCUT2D eigenvalue weighted by molar-refractivity contribution is 5.75. The van der Waals surface area contributed by atoms with E-state index in [-0.39, 0.29) is 17.0 Å². The molecule has 0 radical (unpaired) electrons. The third-order valence-electron chi connectivity index (χ3n) is 4.40. The summed E-state index contributed by atoms with van der Waals surface area (Å²) in [6, 6.07) is 0. The number of Topliss-reactive ketones (excluding diaryl/α,β-unsaturated/α-hetero) is 1. The fourth-order valence-electron chi connectivity index (χ4n) is 2.93. The van der Waals surface area contributed by atoms with Gasteiger partial charge in [0.2, 0.25) is 0 Å². The third kappa shape index (κ3) is 4.01. The predicted molar refractivity (Wildman–Crippen MR) is 93.2 cm³/mol. The van der Waals surface area contributed by atoms with Gasteiger partial charge in [0.1, 0.15) is 5.78 Å². The number of aryl methyl sites for hydroxylation is 2. The SMILES string of the molecule is CC(=O)CCCCCCCCn1cnc2c1c(=O)n(C)c(=O)n2C. The maximum Gasteiger partial charge on any atom is 0.332 e. The average molecular weight is 334 g/mol. The van der Waals surface area contributed by atoms with E-state index in [1.807, 2.05) is 4.57 Å². The van der Waals surface area contributed by atoms with Crippen LogP contribution in [0.4, 0.5) is 0 Å². The Balaban J connectivity index is 1.89. The van der Waals surface area contributed by atoms with Gasteiger partial charge < -0.3 is 9.36 Å². The van der Waals surface area contributed by atoms with Crippen molar-refractivity contribution >= 4 is 16.9 Å². The lowest BCUT2D eigenvalue weighted by atomic mass is 10.1. The van der Waals surface area contributed by atoms with Gasteiger partial charge in [-0.3, -0.25) is 13.9 Å². The number of hydrogen-bond donors (Lipinski definition) is 0. The van der Waals surface area contributed by atoms with Crippen LogP contribution in [0.3, 0.4) is 0 Å². The maximum atomic E-state index is 12.3. The van der Waals surface area contributed by atoms with Crippen LogP contribution in [-0.4, -0.2) is 24.5 Å². The Kier molecular flexibility index (Phi) is 6.11. The highest BCUT2D eigenvalue weighted by atomic mass is 16.2.